The summed E-state index contributed by atoms with van der Waals surface area (Å²) in [6, 6.07) is 1.44. The Balaban J connectivity index is 3.16. The molecule has 0 aliphatic heterocycles. The molecule has 3 atom stereocenters. The lowest BCUT2D eigenvalue weighted by molar-refractivity contribution is -0.486. The Kier molecular flexibility index (Phi) is 10.2. The maximum absolute atomic E-state index is 13.3. The molecule has 196 valence electrons. The molecular formula is C23H32F3N3O6. The van der Waals surface area contributed by atoms with Crippen molar-refractivity contribution in [3.05, 3.63) is 45.5 Å². The van der Waals surface area contributed by atoms with Gasteiger partial charge in [-0.05, 0) is 29.4 Å². The fraction of sp³-hybridized carbons (Fsp3) is 0.609. The monoisotopic (exact) mass is 503 g/mol. The number of nitro groups is 1. The number of nitrogens with one attached hydrogen (secondary N) is 2. The minimum absolute atomic E-state index is 0.0438. The molecule has 0 heterocycles. The molecule has 9 nitrogen and oxygen atoms in total. The Labute approximate surface area is 201 Å². The topological polar surface area (TPSA) is 139 Å². The van der Waals surface area contributed by atoms with Crippen molar-refractivity contribution in [3.63, 3.8) is 0 Å². The molecule has 0 aromatic heterocycles. The smallest absolute Gasteiger partial charge is 0.416 e. The molecule has 0 saturated carbocycles. The number of carbonyl (C=O) groups excluding carboxylic acids is 2. The van der Waals surface area contributed by atoms with E-state index in [4.69, 9.17) is 0 Å². The highest BCUT2D eigenvalue weighted by Crippen LogP contribution is 2.32. The summed E-state index contributed by atoms with van der Waals surface area (Å²) >= 11 is 0. The molecule has 0 aliphatic rings. The molecule has 3 N–H and O–H groups in total. The number of carbonyl (C=O) groups is 3. The number of halogens is 3. The molecule has 1 aromatic carbocycles. The normalized spacial score (nSPS) is 14.7. The van der Waals surface area contributed by atoms with E-state index in [9.17, 15) is 42.8 Å². The first kappa shape index (κ1) is 29.9. The fourth-order valence-electron chi connectivity index (χ4n) is 3.60. The van der Waals surface area contributed by atoms with Crippen LogP contribution in [-0.4, -0.2) is 46.4 Å². The van der Waals surface area contributed by atoms with Gasteiger partial charge < -0.3 is 15.7 Å². The number of carboxylic acid groups (broad SMARTS) is 1. The number of amides is 2. The van der Waals surface area contributed by atoms with Crippen LogP contribution < -0.4 is 10.6 Å². The molecule has 1 aromatic rings. The number of nitrogens with zero attached hydrogens (tertiary/aromatic N) is 1. The predicted octanol–water partition coefficient (Wildman–Crippen LogP) is 3.29. The van der Waals surface area contributed by atoms with Gasteiger partial charge in [-0.15, -0.1) is 0 Å². The highest BCUT2D eigenvalue weighted by molar-refractivity contribution is 5.91. The van der Waals surface area contributed by atoms with Gasteiger partial charge in [0.25, 0.3) is 0 Å². The van der Waals surface area contributed by atoms with Crippen LogP contribution in [-0.2, 0) is 27.0 Å². The largest absolute Gasteiger partial charge is 0.480 e. The maximum atomic E-state index is 13.3. The van der Waals surface area contributed by atoms with Crippen LogP contribution in [0.5, 0.6) is 0 Å². The quantitative estimate of drug-likeness (QED) is 0.313. The highest BCUT2D eigenvalue weighted by atomic mass is 19.4. The summed E-state index contributed by atoms with van der Waals surface area (Å²) in [7, 11) is 0. The van der Waals surface area contributed by atoms with Crippen LogP contribution in [0, 0.1) is 27.4 Å². The lowest BCUT2D eigenvalue weighted by atomic mass is 9.85. The van der Waals surface area contributed by atoms with Gasteiger partial charge >= 0.3 is 12.1 Å². The van der Waals surface area contributed by atoms with Gasteiger partial charge in [0.15, 0.2) is 0 Å². The minimum Gasteiger partial charge on any atom is -0.480 e. The Morgan fingerprint density at radius 2 is 1.63 bits per heavy atom. The number of alkyl halides is 3. The third-order valence-electron chi connectivity index (χ3n) is 5.27. The zero-order chi connectivity index (χ0) is 27.1. The zero-order valence-electron chi connectivity index (χ0n) is 20.3. The molecule has 0 aliphatic carbocycles. The number of hydrogen-bond acceptors (Lipinski definition) is 5. The van der Waals surface area contributed by atoms with Gasteiger partial charge in [-0.3, -0.25) is 19.7 Å². The predicted molar refractivity (Wildman–Crippen MR) is 121 cm³/mol. The summed E-state index contributed by atoms with van der Waals surface area (Å²) in [5, 5.41) is 25.3. The SMILES string of the molecule is CC(C)C[C@H](C[N+](=O)[O-])C(=O)N[C@H](C(=O)N[C@H](Cc1ccccc1C(F)(F)F)C(=O)O)C(C)(C)C. The molecule has 0 unspecified atom stereocenters. The molecule has 0 spiro atoms. The van der Waals surface area contributed by atoms with Crippen molar-refractivity contribution in [2.24, 2.45) is 17.3 Å². The van der Waals surface area contributed by atoms with Gasteiger partial charge in [0, 0.05) is 11.3 Å². The summed E-state index contributed by atoms with van der Waals surface area (Å²) < 4.78 is 39.9. The van der Waals surface area contributed by atoms with Crippen LogP contribution in [0.25, 0.3) is 0 Å². The van der Waals surface area contributed by atoms with E-state index in [-0.39, 0.29) is 17.9 Å². The zero-order valence-corrected chi connectivity index (χ0v) is 20.3. The second-order valence-electron chi connectivity index (χ2n) is 9.91. The molecule has 2 amide bonds. The van der Waals surface area contributed by atoms with Crippen molar-refractivity contribution in [1.29, 1.82) is 0 Å². The molecule has 35 heavy (non-hydrogen) atoms. The van der Waals surface area contributed by atoms with Crippen molar-refractivity contribution in [1.82, 2.24) is 10.6 Å². The summed E-state index contributed by atoms with van der Waals surface area (Å²) in [6.45, 7) is 7.70. The first-order valence-electron chi connectivity index (χ1n) is 11.0. The fourth-order valence-corrected chi connectivity index (χ4v) is 3.60. The average molecular weight is 504 g/mol. The van der Waals surface area contributed by atoms with E-state index in [1.54, 1.807) is 34.6 Å². The third kappa shape index (κ3) is 9.53. The number of carboxylic acids is 1. The van der Waals surface area contributed by atoms with Crippen LogP contribution in [0.2, 0.25) is 0 Å². The van der Waals surface area contributed by atoms with Gasteiger partial charge in [-0.1, -0.05) is 52.8 Å². The number of benzene rings is 1. The van der Waals surface area contributed by atoms with Crippen LogP contribution in [0.15, 0.2) is 24.3 Å². The second-order valence-corrected chi connectivity index (χ2v) is 9.91. The molecule has 1 rings (SSSR count). The molecule has 0 saturated heterocycles. The molecular weight excluding hydrogens is 471 g/mol. The number of aliphatic carboxylic acids is 1. The molecule has 0 bridgehead atoms. The second kappa shape index (κ2) is 12.0. The van der Waals surface area contributed by atoms with Crippen molar-refractivity contribution in [2.75, 3.05) is 6.54 Å². The summed E-state index contributed by atoms with van der Waals surface area (Å²) in [5.41, 5.74) is -2.27. The first-order chi connectivity index (χ1) is 15.9. The minimum atomic E-state index is -4.71. The van der Waals surface area contributed by atoms with Crippen LogP contribution >= 0.6 is 0 Å². The lowest BCUT2D eigenvalue weighted by Crippen LogP contribution is -2.58. The summed E-state index contributed by atoms with van der Waals surface area (Å²) in [4.78, 5) is 48.0. The molecule has 0 radical (unpaired) electrons. The van der Waals surface area contributed by atoms with Crippen molar-refractivity contribution < 1.29 is 37.6 Å². The van der Waals surface area contributed by atoms with E-state index in [0.29, 0.717) is 0 Å². The van der Waals surface area contributed by atoms with Crippen LogP contribution in [0.3, 0.4) is 0 Å². The summed E-state index contributed by atoms with van der Waals surface area (Å²) in [6.07, 6.45) is -5.16. The van der Waals surface area contributed by atoms with Crippen LogP contribution in [0.1, 0.15) is 52.2 Å². The Morgan fingerprint density at radius 1 is 1.06 bits per heavy atom. The lowest BCUT2D eigenvalue weighted by Gasteiger charge is -2.32. The Hall–Kier alpha value is -3.18. The van der Waals surface area contributed by atoms with E-state index < -0.39 is 70.8 Å². The van der Waals surface area contributed by atoms with Crippen molar-refractivity contribution in [2.45, 2.75) is 65.7 Å². The molecule has 12 heteroatoms. The first-order valence-corrected chi connectivity index (χ1v) is 11.0. The number of hydrogen-bond donors (Lipinski definition) is 3. The van der Waals surface area contributed by atoms with Gasteiger partial charge in [0.2, 0.25) is 18.4 Å². The number of rotatable bonds is 11. The summed E-state index contributed by atoms with van der Waals surface area (Å²) in [5.74, 6) is -4.28. The van der Waals surface area contributed by atoms with E-state index in [1.165, 1.54) is 12.1 Å². The van der Waals surface area contributed by atoms with E-state index in [2.05, 4.69) is 10.6 Å². The van der Waals surface area contributed by atoms with E-state index in [0.717, 1.165) is 12.1 Å². The van der Waals surface area contributed by atoms with Gasteiger partial charge in [0.05, 0.1) is 5.56 Å². The van der Waals surface area contributed by atoms with Gasteiger partial charge in [0.1, 0.15) is 18.0 Å². The van der Waals surface area contributed by atoms with E-state index in [1.807, 2.05) is 0 Å². The average Bonchev–Trinajstić information content (AvgIpc) is 2.68. The Bertz CT molecular complexity index is 928. The Morgan fingerprint density at radius 3 is 2.09 bits per heavy atom. The van der Waals surface area contributed by atoms with Gasteiger partial charge in [-0.2, -0.15) is 13.2 Å². The molecule has 0 fully saturated rings. The third-order valence-corrected chi connectivity index (χ3v) is 5.27. The maximum Gasteiger partial charge on any atom is 0.416 e. The van der Waals surface area contributed by atoms with Crippen LogP contribution in [0.4, 0.5) is 13.2 Å². The van der Waals surface area contributed by atoms with Crippen molar-refractivity contribution >= 4 is 17.8 Å². The van der Waals surface area contributed by atoms with E-state index >= 15 is 0 Å². The standard InChI is InChI=1S/C23H32F3N3O6/c1-13(2)10-15(12-29(34)35)19(30)28-18(22(3,4)5)20(31)27-17(21(32)33)11-14-8-6-7-9-16(14)23(24,25)26/h6-9,13,15,17-18H,10-12H2,1-5H3,(H,27,31)(H,28,30)(H,32,33)/t15-,17-,18-/m1/s1. The van der Waals surface area contributed by atoms with Crippen molar-refractivity contribution in [3.8, 4) is 0 Å². The highest BCUT2D eigenvalue weighted by Gasteiger charge is 2.38. The van der Waals surface area contributed by atoms with Gasteiger partial charge in [-0.25, -0.2) is 4.79 Å².